The summed E-state index contributed by atoms with van der Waals surface area (Å²) < 4.78 is 0. The van der Waals surface area contributed by atoms with E-state index in [0.717, 1.165) is 17.1 Å². The van der Waals surface area contributed by atoms with E-state index >= 15 is 0 Å². The normalized spacial score (nSPS) is 20.6. The summed E-state index contributed by atoms with van der Waals surface area (Å²) in [6.45, 7) is 2.47. The molecule has 0 spiro atoms. The molecule has 28 heavy (non-hydrogen) atoms. The van der Waals surface area contributed by atoms with Crippen molar-refractivity contribution in [3.63, 3.8) is 0 Å². The number of hydrogen-bond acceptors (Lipinski definition) is 5. The lowest BCUT2D eigenvalue weighted by molar-refractivity contribution is -0.115. The average molecular weight is 432 g/mol. The smallest absolute Gasteiger partial charge is 0.259 e. The lowest BCUT2D eigenvalue weighted by Crippen LogP contribution is -2.39. The Morgan fingerprint density at radius 3 is 2.93 bits per heavy atom. The third-order valence-corrected chi connectivity index (χ3v) is 7.02. The van der Waals surface area contributed by atoms with Gasteiger partial charge in [-0.15, -0.1) is 11.8 Å². The van der Waals surface area contributed by atoms with Crippen molar-refractivity contribution < 1.29 is 9.59 Å². The van der Waals surface area contributed by atoms with Crippen LogP contribution in [0.5, 0.6) is 0 Å². The zero-order chi connectivity index (χ0) is 19.7. The molecule has 1 saturated heterocycles. The molecular formula is C20H18ClN3O2S2. The fraction of sp³-hybridized carbons (Fsp3) is 0.250. The monoisotopic (exact) mass is 431 g/mol. The van der Waals surface area contributed by atoms with Gasteiger partial charge in [0.2, 0.25) is 5.91 Å². The Bertz CT molecular complexity index is 980. The number of carbonyl (C=O) groups excluding carboxylic acids is 2. The van der Waals surface area contributed by atoms with Gasteiger partial charge in [0.1, 0.15) is 0 Å². The van der Waals surface area contributed by atoms with Gasteiger partial charge in [-0.2, -0.15) is 0 Å². The van der Waals surface area contributed by atoms with Gasteiger partial charge in [0.25, 0.3) is 5.91 Å². The van der Waals surface area contributed by atoms with Gasteiger partial charge in [0.05, 0.1) is 21.6 Å². The van der Waals surface area contributed by atoms with Gasteiger partial charge >= 0.3 is 0 Å². The number of amidine groups is 1. The average Bonchev–Trinajstić information content (AvgIpc) is 2.70. The molecule has 1 N–H and O–H groups in total. The topological polar surface area (TPSA) is 61.8 Å². The fourth-order valence-corrected chi connectivity index (χ4v) is 5.04. The van der Waals surface area contributed by atoms with Gasteiger partial charge in [0.15, 0.2) is 5.17 Å². The summed E-state index contributed by atoms with van der Waals surface area (Å²) in [7, 11) is 0. The van der Waals surface area contributed by atoms with E-state index in [0.29, 0.717) is 33.7 Å². The van der Waals surface area contributed by atoms with Crippen molar-refractivity contribution in [1.29, 1.82) is 0 Å². The number of benzene rings is 2. The Labute approximate surface area is 176 Å². The molecule has 2 heterocycles. The Morgan fingerprint density at radius 2 is 2.11 bits per heavy atom. The number of para-hydroxylation sites is 1. The molecule has 0 aromatic heterocycles. The number of rotatable bonds is 2. The van der Waals surface area contributed by atoms with Crippen molar-refractivity contribution >= 4 is 63.5 Å². The summed E-state index contributed by atoms with van der Waals surface area (Å²) in [5, 5.41) is 3.95. The van der Waals surface area contributed by atoms with Gasteiger partial charge < -0.3 is 5.32 Å². The van der Waals surface area contributed by atoms with Crippen LogP contribution in [-0.4, -0.2) is 39.4 Å². The van der Waals surface area contributed by atoms with Crippen molar-refractivity contribution in [2.75, 3.05) is 17.6 Å². The van der Waals surface area contributed by atoms with E-state index in [2.05, 4.69) is 10.3 Å². The van der Waals surface area contributed by atoms with Crippen LogP contribution in [0.4, 0.5) is 11.4 Å². The zero-order valence-electron chi connectivity index (χ0n) is 15.1. The van der Waals surface area contributed by atoms with Gasteiger partial charge in [-0.25, -0.2) is 4.99 Å². The summed E-state index contributed by atoms with van der Waals surface area (Å²) in [5.74, 6) is 0.734. The van der Waals surface area contributed by atoms with Crippen molar-refractivity contribution in [3.05, 3.63) is 53.1 Å². The quantitative estimate of drug-likeness (QED) is 0.723. The van der Waals surface area contributed by atoms with Crippen LogP contribution in [0, 0.1) is 0 Å². The summed E-state index contributed by atoms with van der Waals surface area (Å²) >= 11 is 9.28. The van der Waals surface area contributed by atoms with Crippen LogP contribution in [0.1, 0.15) is 23.7 Å². The molecule has 0 saturated carbocycles. The fourth-order valence-electron chi connectivity index (χ4n) is 2.98. The van der Waals surface area contributed by atoms with Crippen LogP contribution in [0.15, 0.2) is 52.4 Å². The Morgan fingerprint density at radius 1 is 1.29 bits per heavy atom. The van der Waals surface area contributed by atoms with Crippen molar-refractivity contribution in [2.24, 2.45) is 4.99 Å². The number of fused-ring (bicyclic) bond motifs is 1. The lowest BCUT2D eigenvalue weighted by Gasteiger charge is -2.28. The minimum atomic E-state index is -0.137. The number of halogens is 1. The van der Waals surface area contributed by atoms with Crippen LogP contribution < -0.4 is 5.32 Å². The zero-order valence-corrected chi connectivity index (χ0v) is 17.5. The second-order valence-corrected chi connectivity index (χ2v) is 9.32. The summed E-state index contributed by atoms with van der Waals surface area (Å²) in [4.78, 5) is 32.5. The number of anilines is 1. The third-order valence-electron chi connectivity index (χ3n) is 4.46. The molecule has 0 aliphatic carbocycles. The first-order valence-corrected chi connectivity index (χ1v) is 11.2. The molecule has 2 aliphatic heterocycles. The number of thioether (sulfide) groups is 2. The van der Waals surface area contributed by atoms with Gasteiger partial charge in [-0.1, -0.05) is 35.5 Å². The molecule has 2 aliphatic rings. The van der Waals surface area contributed by atoms with E-state index in [1.807, 2.05) is 37.3 Å². The minimum absolute atomic E-state index is 0.0448. The summed E-state index contributed by atoms with van der Waals surface area (Å²) in [6.07, 6.45) is 0.896. The van der Waals surface area contributed by atoms with E-state index < -0.39 is 0 Å². The molecule has 5 nitrogen and oxygen atoms in total. The maximum atomic E-state index is 13.2. The number of nitrogens with one attached hydrogen (secondary N) is 1. The van der Waals surface area contributed by atoms with E-state index in [-0.39, 0.29) is 17.1 Å². The number of carbonyl (C=O) groups is 2. The molecule has 2 aromatic rings. The summed E-state index contributed by atoms with van der Waals surface area (Å²) in [6, 6.07) is 12.8. The molecule has 0 radical (unpaired) electrons. The van der Waals surface area contributed by atoms with E-state index in [9.17, 15) is 9.59 Å². The highest BCUT2D eigenvalue weighted by atomic mass is 35.5. The maximum Gasteiger partial charge on any atom is 0.259 e. The van der Waals surface area contributed by atoms with E-state index in [4.69, 9.17) is 11.6 Å². The first kappa shape index (κ1) is 19.4. The largest absolute Gasteiger partial charge is 0.324 e. The van der Waals surface area contributed by atoms with Crippen molar-refractivity contribution in [2.45, 2.75) is 23.5 Å². The van der Waals surface area contributed by atoms with Crippen LogP contribution in [0.25, 0.3) is 0 Å². The number of amides is 2. The maximum absolute atomic E-state index is 13.2. The molecule has 144 valence electrons. The van der Waals surface area contributed by atoms with Gasteiger partial charge in [-0.3, -0.25) is 14.5 Å². The van der Waals surface area contributed by atoms with E-state index in [1.54, 1.807) is 28.8 Å². The van der Waals surface area contributed by atoms with Crippen LogP contribution in [0.3, 0.4) is 0 Å². The predicted molar refractivity (Wildman–Crippen MR) is 117 cm³/mol. The molecule has 2 amide bonds. The van der Waals surface area contributed by atoms with E-state index in [1.165, 1.54) is 11.8 Å². The highest BCUT2D eigenvalue weighted by Crippen LogP contribution is 2.36. The lowest BCUT2D eigenvalue weighted by atomic mass is 10.1. The molecule has 0 bridgehead atoms. The van der Waals surface area contributed by atoms with Crippen LogP contribution in [-0.2, 0) is 4.79 Å². The SMILES string of the molecule is CC1Sc2ccc(C(=O)N3CCCSC3=Nc3ccccc3Cl)cc2NC1=O. The number of aliphatic imine (C=N–C) groups is 1. The predicted octanol–water partition coefficient (Wildman–Crippen LogP) is 5.04. The third kappa shape index (κ3) is 3.92. The molecule has 8 heteroatoms. The Balaban J connectivity index is 1.64. The first-order chi connectivity index (χ1) is 13.5. The standard InChI is InChI=1S/C20H18ClN3O2S2/c1-12-18(25)22-16-11-13(7-8-17(16)28-12)19(26)24-9-4-10-27-20(24)23-15-6-3-2-5-14(15)21/h2-3,5-8,11-12H,4,9-10H2,1H3,(H,22,25). The second kappa shape index (κ2) is 8.19. The first-order valence-electron chi connectivity index (χ1n) is 8.92. The van der Waals surface area contributed by atoms with Gasteiger partial charge in [-0.05, 0) is 43.7 Å². The Kier molecular flexibility index (Phi) is 5.66. The summed E-state index contributed by atoms with van der Waals surface area (Å²) in [5.41, 5.74) is 1.87. The Hall–Kier alpha value is -1.96. The van der Waals surface area contributed by atoms with Gasteiger partial charge in [0, 0.05) is 22.8 Å². The van der Waals surface area contributed by atoms with Crippen molar-refractivity contribution in [3.8, 4) is 0 Å². The highest BCUT2D eigenvalue weighted by Gasteiger charge is 2.28. The molecular weight excluding hydrogens is 414 g/mol. The van der Waals surface area contributed by atoms with Crippen LogP contribution in [0.2, 0.25) is 5.02 Å². The number of hydrogen-bond donors (Lipinski definition) is 1. The number of nitrogens with zero attached hydrogens (tertiary/aromatic N) is 2. The second-order valence-electron chi connectivity index (χ2n) is 6.46. The molecule has 4 rings (SSSR count). The highest BCUT2D eigenvalue weighted by molar-refractivity contribution is 8.13. The minimum Gasteiger partial charge on any atom is -0.324 e. The molecule has 1 fully saturated rings. The molecule has 1 atom stereocenters. The molecule has 2 aromatic carbocycles. The van der Waals surface area contributed by atoms with Crippen molar-refractivity contribution in [1.82, 2.24) is 4.90 Å². The molecule has 1 unspecified atom stereocenters. The van der Waals surface area contributed by atoms with Crippen LogP contribution >= 0.6 is 35.1 Å².